The molecule has 1 aromatic carbocycles. The number of nitrogens with zero attached hydrogens (tertiary/aromatic N) is 4. The first-order valence-corrected chi connectivity index (χ1v) is 10.1. The molecule has 0 aliphatic heterocycles. The summed E-state index contributed by atoms with van der Waals surface area (Å²) in [6.07, 6.45) is 0.912. The van der Waals surface area contributed by atoms with Gasteiger partial charge in [-0.3, -0.25) is 14.3 Å². The molecule has 0 spiro atoms. The lowest BCUT2D eigenvalue weighted by molar-refractivity contribution is -0.143. The number of ether oxygens (including phenoxy) is 1. The van der Waals surface area contributed by atoms with E-state index in [4.69, 9.17) is 4.74 Å². The molecule has 0 saturated carbocycles. The Hall–Kier alpha value is -2.74. The minimum absolute atomic E-state index is 0.0192. The largest absolute Gasteiger partial charge is 0.465 e. The van der Waals surface area contributed by atoms with Crippen LogP contribution in [0.4, 0.5) is 0 Å². The summed E-state index contributed by atoms with van der Waals surface area (Å²) in [4.78, 5) is 29.4. The van der Waals surface area contributed by atoms with Crippen molar-refractivity contribution in [2.24, 2.45) is 4.99 Å². The van der Waals surface area contributed by atoms with Gasteiger partial charge in [0, 0.05) is 5.69 Å². The van der Waals surface area contributed by atoms with Gasteiger partial charge in [-0.2, -0.15) is 10.1 Å². The molecule has 0 radical (unpaired) electrons. The first-order chi connectivity index (χ1) is 13.4. The SMILES string of the molecule is CCOC(=O)Cn1c(=NC(=O)Cn2nc(C)cc2C)sc2cc(CC)ccc21. The summed E-state index contributed by atoms with van der Waals surface area (Å²) in [5.74, 6) is -0.666. The Bertz CT molecular complexity index is 1090. The van der Waals surface area contributed by atoms with E-state index in [-0.39, 0.29) is 25.0 Å². The molecule has 148 valence electrons. The van der Waals surface area contributed by atoms with Crippen LogP contribution >= 0.6 is 11.3 Å². The second-order valence-corrected chi connectivity index (χ2v) is 7.53. The van der Waals surface area contributed by atoms with Crippen LogP contribution in [0.15, 0.2) is 29.3 Å². The van der Waals surface area contributed by atoms with Crippen LogP contribution in [-0.2, 0) is 33.8 Å². The quantitative estimate of drug-likeness (QED) is 0.596. The van der Waals surface area contributed by atoms with E-state index in [0.29, 0.717) is 11.4 Å². The number of amides is 1. The standard InChI is InChI=1S/C20H24N4O3S/c1-5-15-7-8-16-17(10-15)28-20(23(16)12-19(26)27-6-2)21-18(25)11-24-14(4)9-13(3)22-24/h7-10H,5-6,11-12H2,1-4H3. The van der Waals surface area contributed by atoms with E-state index in [1.165, 1.54) is 16.9 Å². The number of fused-ring (bicyclic) bond motifs is 1. The number of carbonyl (C=O) groups is 2. The highest BCUT2D eigenvalue weighted by Gasteiger charge is 2.13. The molecule has 0 atom stereocenters. The van der Waals surface area contributed by atoms with Crippen LogP contribution in [0.2, 0.25) is 0 Å². The highest BCUT2D eigenvalue weighted by Crippen LogP contribution is 2.20. The number of esters is 1. The van der Waals surface area contributed by atoms with Gasteiger partial charge in [-0.25, -0.2) is 0 Å². The Balaban J connectivity index is 2.01. The van der Waals surface area contributed by atoms with Crippen molar-refractivity contribution in [1.82, 2.24) is 14.3 Å². The van der Waals surface area contributed by atoms with E-state index >= 15 is 0 Å². The van der Waals surface area contributed by atoms with Crippen molar-refractivity contribution in [3.63, 3.8) is 0 Å². The maximum absolute atomic E-state index is 12.6. The van der Waals surface area contributed by atoms with Gasteiger partial charge in [0.05, 0.1) is 22.5 Å². The van der Waals surface area contributed by atoms with E-state index in [1.54, 1.807) is 16.2 Å². The van der Waals surface area contributed by atoms with Gasteiger partial charge < -0.3 is 9.30 Å². The summed E-state index contributed by atoms with van der Waals surface area (Å²) in [6, 6.07) is 7.98. The monoisotopic (exact) mass is 400 g/mol. The molecule has 8 heteroatoms. The first-order valence-electron chi connectivity index (χ1n) is 9.27. The van der Waals surface area contributed by atoms with Gasteiger partial charge in [0.2, 0.25) is 0 Å². The predicted molar refractivity (Wildman–Crippen MR) is 108 cm³/mol. The van der Waals surface area contributed by atoms with Gasteiger partial charge in [0.1, 0.15) is 13.1 Å². The summed E-state index contributed by atoms with van der Waals surface area (Å²) in [6.45, 7) is 8.04. The van der Waals surface area contributed by atoms with Crippen LogP contribution in [0.3, 0.4) is 0 Å². The van der Waals surface area contributed by atoms with Crippen molar-refractivity contribution in [3.05, 3.63) is 46.0 Å². The highest BCUT2D eigenvalue weighted by molar-refractivity contribution is 7.16. The van der Waals surface area contributed by atoms with Gasteiger partial charge in [-0.1, -0.05) is 24.3 Å². The molecular formula is C20H24N4O3S. The normalized spacial score (nSPS) is 11.9. The lowest BCUT2D eigenvalue weighted by Crippen LogP contribution is -2.24. The molecule has 0 bridgehead atoms. The molecule has 1 amide bonds. The lowest BCUT2D eigenvalue weighted by atomic mass is 10.2. The van der Waals surface area contributed by atoms with Gasteiger partial charge in [-0.05, 0) is 51.0 Å². The molecule has 0 N–H and O–H groups in total. The van der Waals surface area contributed by atoms with Crippen LogP contribution in [0, 0.1) is 13.8 Å². The van der Waals surface area contributed by atoms with Gasteiger partial charge in [-0.15, -0.1) is 0 Å². The molecule has 0 saturated heterocycles. The van der Waals surface area contributed by atoms with E-state index in [1.807, 2.05) is 32.0 Å². The van der Waals surface area contributed by atoms with Crippen molar-refractivity contribution >= 4 is 33.4 Å². The van der Waals surface area contributed by atoms with Crippen molar-refractivity contribution in [2.75, 3.05) is 6.61 Å². The topological polar surface area (TPSA) is 78.5 Å². The van der Waals surface area contributed by atoms with Crippen LogP contribution in [0.25, 0.3) is 10.2 Å². The number of aryl methyl sites for hydroxylation is 3. The van der Waals surface area contributed by atoms with Crippen molar-refractivity contribution in [2.45, 2.75) is 47.2 Å². The number of hydrogen-bond donors (Lipinski definition) is 0. The minimum Gasteiger partial charge on any atom is -0.465 e. The Morgan fingerprint density at radius 3 is 2.61 bits per heavy atom. The van der Waals surface area contributed by atoms with Crippen LogP contribution in [0.5, 0.6) is 0 Å². The summed E-state index contributed by atoms with van der Waals surface area (Å²) in [5.41, 5.74) is 3.83. The average molecular weight is 401 g/mol. The smallest absolute Gasteiger partial charge is 0.326 e. The third-order valence-corrected chi connectivity index (χ3v) is 5.40. The van der Waals surface area contributed by atoms with Crippen molar-refractivity contribution < 1.29 is 14.3 Å². The number of carbonyl (C=O) groups excluding carboxylic acids is 2. The van der Waals surface area contributed by atoms with Crippen LogP contribution < -0.4 is 4.80 Å². The molecule has 2 heterocycles. The van der Waals surface area contributed by atoms with Gasteiger partial charge in [0.15, 0.2) is 4.80 Å². The number of aromatic nitrogens is 3. The average Bonchev–Trinajstić information content (AvgIpc) is 3.13. The second kappa shape index (κ2) is 8.52. The molecule has 3 aromatic rings. The minimum atomic E-state index is -0.353. The third kappa shape index (κ3) is 4.39. The molecular weight excluding hydrogens is 376 g/mol. The zero-order chi connectivity index (χ0) is 20.3. The van der Waals surface area contributed by atoms with Crippen LogP contribution in [-0.4, -0.2) is 32.8 Å². The molecule has 28 heavy (non-hydrogen) atoms. The zero-order valence-electron chi connectivity index (χ0n) is 16.6. The van der Waals surface area contributed by atoms with E-state index in [2.05, 4.69) is 23.1 Å². The van der Waals surface area contributed by atoms with E-state index in [0.717, 1.165) is 28.0 Å². The van der Waals surface area contributed by atoms with Crippen molar-refractivity contribution in [3.8, 4) is 0 Å². The molecule has 0 aliphatic carbocycles. The predicted octanol–water partition coefficient (Wildman–Crippen LogP) is 2.77. The highest BCUT2D eigenvalue weighted by atomic mass is 32.1. The Morgan fingerprint density at radius 1 is 1.18 bits per heavy atom. The maximum atomic E-state index is 12.6. The fourth-order valence-corrected chi connectivity index (χ4v) is 4.13. The molecule has 3 rings (SSSR count). The molecule has 7 nitrogen and oxygen atoms in total. The Kier molecular flexibility index (Phi) is 6.08. The van der Waals surface area contributed by atoms with E-state index < -0.39 is 0 Å². The Labute approximate surface area is 167 Å². The summed E-state index contributed by atoms with van der Waals surface area (Å²) in [7, 11) is 0. The van der Waals surface area contributed by atoms with Crippen molar-refractivity contribution in [1.29, 1.82) is 0 Å². The molecule has 0 aliphatic rings. The van der Waals surface area contributed by atoms with Crippen LogP contribution in [0.1, 0.15) is 30.8 Å². The molecule has 0 unspecified atom stereocenters. The fourth-order valence-electron chi connectivity index (χ4n) is 3.02. The lowest BCUT2D eigenvalue weighted by Gasteiger charge is -2.05. The van der Waals surface area contributed by atoms with Gasteiger partial charge >= 0.3 is 5.97 Å². The summed E-state index contributed by atoms with van der Waals surface area (Å²) in [5, 5.41) is 4.31. The first kappa shape index (κ1) is 20.0. The second-order valence-electron chi connectivity index (χ2n) is 6.52. The number of hydrogen-bond acceptors (Lipinski definition) is 5. The fraction of sp³-hybridized carbons (Fsp3) is 0.400. The molecule has 2 aromatic heterocycles. The maximum Gasteiger partial charge on any atom is 0.326 e. The summed E-state index contributed by atoms with van der Waals surface area (Å²) < 4.78 is 9.46. The Morgan fingerprint density at radius 2 is 1.96 bits per heavy atom. The van der Waals surface area contributed by atoms with E-state index in [9.17, 15) is 9.59 Å². The number of thiazole rings is 1. The van der Waals surface area contributed by atoms with Gasteiger partial charge in [0.25, 0.3) is 5.91 Å². The molecule has 0 fully saturated rings. The third-order valence-electron chi connectivity index (χ3n) is 4.36. The number of benzene rings is 1. The zero-order valence-corrected chi connectivity index (χ0v) is 17.4. The number of rotatable bonds is 6. The summed E-state index contributed by atoms with van der Waals surface area (Å²) >= 11 is 1.40.